The number of rotatable bonds is 8. The number of amides is 1. The average molecular weight is 361 g/mol. The number of nitrogens with zero attached hydrogens (tertiary/aromatic N) is 2. The Morgan fingerprint density at radius 2 is 2.08 bits per heavy atom. The van der Waals surface area contributed by atoms with E-state index in [1.165, 1.54) is 0 Å². The van der Waals surface area contributed by atoms with E-state index in [0.29, 0.717) is 17.6 Å². The number of aromatic nitrogens is 2. The van der Waals surface area contributed by atoms with Gasteiger partial charge in [0.25, 0.3) is 11.8 Å². The Hall–Kier alpha value is -2.41. The number of aryl methyl sites for hydroxylation is 1. The Morgan fingerprint density at radius 1 is 1.35 bits per heavy atom. The van der Waals surface area contributed by atoms with Gasteiger partial charge in [0.2, 0.25) is 0 Å². The van der Waals surface area contributed by atoms with E-state index in [2.05, 4.69) is 29.3 Å². The summed E-state index contributed by atoms with van der Waals surface area (Å²) in [5.41, 5.74) is 1.10. The molecule has 7 heteroatoms. The average Bonchev–Trinajstić information content (AvgIpc) is 3.00. The molecule has 26 heavy (non-hydrogen) atoms. The standard InChI is InChI=1S/C19H27N3O4/c1-12(2)14-8-7-13(3)9-15(14)25-19(4,5)18(23)20-10-16-21-17(11-24-6)26-22-16/h7-9,12H,10-11H2,1-6H3,(H,20,23). The lowest BCUT2D eigenvalue weighted by Crippen LogP contribution is -2.46. The molecule has 0 unspecified atom stereocenters. The number of benzene rings is 1. The van der Waals surface area contributed by atoms with Crippen molar-refractivity contribution in [3.8, 4) is 5.75 Å². The van der Waals surface area contributed by atoms with Crippen LogP contribution in [0.4, 0.5) is 0 Å². The van der Waals surface area contributed by atoms with E-state index in [4.69, 9.17) is 14.0 Å². The fourth-order valence-electron chi connectivity index (χ4n) is 2.44. The minimum absolute atomic E-state index is 0.156. The van der Waals surface area contributed by atoms with Crippen molar-refractivity contribution < 1.29 is 18.8 Å². The maximum Gasteiger partial charge on any atom is 0.263 e. The van der Waals surface area contributed by atoms with Gasteiger partial charge in [-0.2, -0.15) is 4.98 Å². The van der Waals surface area contributed by atoms with Gasteiger partial charge in [-0.25, -0.2) is 0 Å². The van der Waals surface area contributed by atoms with Gasteiger partial charge < -0.3 is 19.3 Å². The molecule has 0 aliphatic rings. The maximum atomic E-state index is 12.6. The van der Waals surface area contributed by atoms with Gasteiger partial charge in [0.05, 0.1) is 6.54 Å². The number of hydrogen-bond acceptors (Lipinski definition) is 6. The van der Waals surface area contributed by atoms with Crippen LogP contribution >= 0.6 is 0 Å². The van der Waals surface area contributed by atoms with Crippen molar-refractivity contribution in [2.24, 2.45) is 0 Å². The van der Waals surface area contributed by atoms with Crippen LogP contribution in [0.15, 0.2) is 22.7 Å². The van der Waals surface area contributed by atoms with Crippen molar-refractivity contribution in [1.82, 2.24) is 15.5 Å². The fraction of sp³-hybridized carbons (Fsp3) is 0.526. The molecule has 0 atom stereocenters. The number of ether oxygens (including phenoxy) is 2. The van der Waals surface area contributed by atoms with Gasteiger partial charge in [0, 0.05) is 7.11 Å². The summed E-state index contributed by atoms with van der Waals surface area (Å²) in [5, 5.41) is 6.59. The highest BCUT2D eigenvalue weighted by Crippen LogP contribution is 2.30. The van der Waals surface area contributed by atoms with Crippen LogP contribution in [-0.2, 0) is 22.7 Å². The topological polar surface area (TPSA) is 86.5 Å². The van der Waals surface area contributed by atoms with Crippen molar-refractivity contribution in [2.45, 2.75) is 59.3 Å². The monoisotopic (exact) mass is 361 g/mol. The Balaban J connectivity index is 2.04. The van der Waals surface area contributed by atoms with Gasteiger partial charge in [0.1, 0.15) is 12.4 Å². The van der Waals surface area contributed by atoms with Crippen molar-refractivity contribution in [3.63, 3.8) is 0 Å². The Morgan fingerprint density at radius 3 is 2.73 bits per heavy atom. The van der Waals surface area contributed by atoms with Crippen LogP contribution in [0.25, 0.3) is 0 Å². The zero-order valence-corrected chi connectivity index (χ0v) is 16.3. The second-order valence-corrected chi connectivity index (χ2v) is 7.03. The van der Waals surface area contributed by atoms with E-state index in [0.717, 1.165) is 16.9 Å². The Kier molecular flexibility index (Phi) is 6.37. The number of carbonyl (C=O) groups is 1. The highest BCUT2D eigenvalue weighted by Gasteiger charge is 2.31. The molecule has 1 N–H and O–H groups in total. The first kappa shape index (κ1) is 19.9. The summed E-state index contributed by atoms with van der Waals surface area (Å²) in [6.07, 6.45) is 0. The molecule has 2 aromatic rings. The summed E-state index contributed by atoms with van der Waals surface area (Å²) in [6.45, 7) is 10.1. The lowest BCUT2D eigenvalue weighted by molar-refractivity contribution is -0.134. The van der Waals surface area contributed by atoms with Gasteiger partial charge in [-0.15, -0.1) is 0 Å². The predicted octanol–water partition coefficient (Wildman–Crippen LogP) is 3.12. The second kappa shape index (κ2) is 8.31. The molecule has 0 fully saturated rings. The molecule has 0 saturated carbocycles. The SMILES string of the molecule is COCc1nc(CNC(=O)C(C)(C)Oc2cc(C)ccc2C(C)C)no1. The maximum absolute atomic E-state index is 12.6. The summed E-state index contributed by atoms with van der Waals surface area (Å²) >= 11 is 0. The summed E-state index contributed by atoms with van der Waals surface area (Å²) in [6, 6.07) is 6.05. The van der Waals surface area contributed by atoms with E-state index in [-0.39, 0.29) is 19.1 Å². The molecule has 1 aromatic carbocycles. The first-order chi connectivity index (χ1) is 12.2. The minimum Gasteiger partial charge on any atom is -0.478 e. The molecule has 0 radical (unpaired) electrons. The quantitative estimate of drug-likeness (QED) is 0.777. The molecule has 1 aromatic heterocycles. The zero-order valence-electron chi connectivity index (χ0n) is 16.3. The number of carbonyl (C=O) groups excluding carboxylic acids is 1. The van der Waals surface area contributed by atoms with Gasteiger partial charge in [-0.3, -0.25) is 4.79 Å². The van der Waals surface area contributed by atoms with E-state index < -0.39 is 5.60 Å². The summed E-state index contributed by atoms with van der Waals surface area (Å²) in [4.78, 5) is 16.7. The summed E-state index contributed by atoms with van der Waals surface area (Å²) < 4.78 is 16.0. The normalized spacial score (nSPS) is 11.7. The number of methoxy groups -OCH3 is 1. The van der Waals surface area contributed by atoms with Crippen LogP contribution in [0, 0.1) is 6.92 Å². The molecule has 7 nitrogen and oxygen atoms in total. The second-order valence-electron chi connectivity index (χ2n) is 7.03. The van der Waals surface area contributed by atoms with Gasteiger partial charge in [-0.1, -0.05) is 31.1 Å². The van der Waals surface area contributed by atoms with Gasteiger partial charge >= 0.3 is 0 Å². The molecule has 142 valence electrons. The van der Waals surface area contributed by atoms with Crippen LogP contribution in [0.2, 0.25) is 0 Å². The molecule has 0 saturated heterocycles. The van der Waals surface area contributed by atoms with Crippen LogP contribution in [0.5, 0.6) is 5.75 Å². The molecule has 1 amide bonds. The van der Waals surface area contributed by atoms with Gasteiger partial charge in [0.15, 0.2) is 11.4 Å². The molecule has 0 bridgehead atoms. The smallest absolute Gasteiger partial charge is 0.263 e. The highest BCUT2D eigenvalue weighted by atomic mass is 16.5. The van der Waals surface area contributed by atoms with Crippen molar-refractivity contribution in [2.75, 3.05) is 7.11 Å². The first-order valence-electron chi connectivity index (χ1n) is 8.61. The molecular formula is C19H27N3O4. The number of nitrogens with one attached hydrogen (secondary N) is 1. The van der Waals surface area contributed by atoms with Crippen LogP contribution in [-0.4, -0.2) is 28.8 Å². The third-order valence-corrected chi connectivity index (χ3v) is 3.89. The van der Waals surface area contributed by atoms with E-state index >= 15 is 0 Å². The van der Waals surface area contributed by atoms with E-state index in [9.17, 15) is 4.79 Å². The third kappa shape index (κ3) is 5.05. The molecule has 0 aliphatic carbocycles. The van der Waals surface area contributed by atoms with Crippen LogP contribution in [0.3, 0.4) is 0 Å². The molecule has 2 rings (SSSR count). The van der Waals surface area contributed by atoms with Gasteiger partial charge in [-0.05, 0) is 43.9 Å². The lowest BCUT2D eigenvalue weighted by Gasteiger charge is -2.27. The number of hydrogen-bond donors (Lipinski definition) is 1. The first-order valence-corrected chi connectivity index (χ1v) is 8.61. The minimum atomic E-state index is -1.05. The largest absolute Gasteiger partial charge is 0.478 e. The molecule has 0 aliphatic heterocycles. The zero-order chi connectivity index (χ0) is 19.3. The third-order valence-electron chi connectivity index (χ3n) is 3.89. The van der Waals surface area contributed by atoms with Crippen LogP contribution in [0.1, 0.15) is 56.5 Å². The summed E-state index contributed by atoms with van der Waals surface area (Å²) in [7, 11) is 1.54. The summed E-state index contributed by atoms with van der Waals surface area (Å²) in [5.74, 6) is 1.52. The molecule has 1 heterocycles. The van der Waals surface area contributed by atoms with Crippen LogP contribution < -0.4 is 10.1 Å². The van der Waals surface area contributed by atoms with Crippen molar-refractivity contribution in [1.29, 1.82) is 0 Å². The van der Waals surface area contributed by atoms with Crippen molar-refractivity contribution in [3.05, 3.63) is 41.0 Å². The predicted molar refractivity (Wildman–Crippen MR) is 96.8 cm³/mol. The molecule has 0 spiro atoms. The lowest BCUT2D eigenvalue weighted by atomic mass is 10.00. The van der Waals surface area contributed by atoms with E-state index in [1.54, 1.807) is 21.0 Å². The Labute approximate surface area is 154 Å². The van der Waals surface area contributed by atoms with E-state index in [1.807, 2.05) is 25.1 Å². The highest BCUT2D eigenvalue weighted by molar-refractivity contribution is 5.84. The fourth-order valence-corrected chi connectivity index (χ4v) is 2.44. The molecular weight excluding hydrogens is 334 g/mol. The Bertz CT molecular complexity index is 753. The van der Waals surface area contributed by atoms with Crippen molar-refractivity contribution >= 4 is 5.91 Å².